The van der Waals surface area contributed by atoms with Crippen LogP contribution in [-0.4, -0.2) is 13.1 Å². The van der Waals surface area contributed by atoms with Crippen molar-refractivity contribution in [2.45, 2.75) is 66.2 Å². The van der Waals surface area contributed by atoms with E-state index >= 15 is 0 Å². The molecular weight excluding hydrogens is 182 g/mol. The summed E-state index contributed by atoms with van der Waals surface area (Å²) in [6.45, 7) is 11.6. The van der Waals surface area contributed by atoms with Crippen molar-refractivity contribution in [2.75, 3.05) is 13.1 Å². The van der Waals surface area contributed by atoms with Gasteiger partial charge < -0.3 is 5.32 Å². The lowest BCUT2D eigenvalue weighted by Gasteiger charge is -2.22. The Hall–Kier alpha value is -0.0400. The van der Waals surface area contributed by atoms with Gasteiger partial charge in [0.1, 0.15) is 0 Å². The molecule has 0 amide bonds. The first-order valence-corrected chi connectivity index (χ1v) is 6.99. The van der Waals surface area contributed by atoms with E-state index in [0.717, 1.165) is 11.8 Å². The Balaban J connectivity index is 3.79. The third-order valence-electron chi connectivity index (χ3n) is 3.38. The Bertz CT molecular complexity index is 119. The first kappa shape index (κ1) is 15.0. The van der Waals surface area contributed by atoms with Gasteiger partial charge in [-0.25, -0.2) is 0 Å². The molecule has 0 rings (SSSR count). The largest absolute Gasteiger partial charge is 0.316 e. The summed E-state index contributed by atoms with van der Waals surface area (Å²) in [4.78, 5) is 0. The maximum Gasteiger partial charge on any atom is -0.00204 e. The average Bonchev–Trinajstić information content (AvgIpc) is 2.26. The molecule has 1 unspecified atom stereocenters. The third-order valence-corrected chi connectivity index (χ3v) is 3.38. The van der Waals surface area contributed by atoms with Crippen molar-refractivity contribution in [1.82, 2.24) is 5.32 Å². The predicted molar refractivity (Wildman–Crippen MR) is 70.2 cm³/mol. The van der Waals surface area contributed by atoms with Gasteiger partial charge in [-0.15, -0.1) is 0 Å². The minimum absolute atomic E-state index is 0.909. The van der Waals surface area contributed by atoms with Crippen LogP contribution in [-0.2, 0) is 0 Å². The monoisotopic (exact) mass is 213 g/mol. The van der Waals surface area contributed by atoms with Gasteiger partial charge in [0.05, 0.1) is 0 Å². The molecule has 0 aromatic heterocycles. The minimum Gasteiger partial charge on any atom is -0.316 e. The maximum atomic E-state index is 3.57. The van der Waals surface area contributed by atoms with E-state index in [1.54, 1.807) is 0 Å². The molecule has 1 heteroatoms. The highest BCUT2D eigenvalue weighted by atomic mass is 14.8. The fraction of sp³-hybridized carbons (Fsp3) is 1.00. The van der Waals surface area contributed by atoms with Crippen LogP contribution in [0.2, 0.25) is 0 Å². The lowest BCUT2D eigenvalue weighted by Crippen LogP contribution is -2.25. The van der Waals surface area contributed by atoms with Crippen molar-refractivity contribution in [1.29, 1.82) is 0 Å². The van der Waals surface area contributed by atoms with Crippen molar-refractivity contribution in [3.8, 4) is 0 Å². The lowest BCUT2D eigenvalue weighted by molar-refractivity contribution is 0.323. The van der Waals surface area contributed by atoms with Gasteiger partial charge in [-0.2, -0.15) is 0 Å². The van der Waals surface area contributed by atoms with Crippen LogP contribution in [0.3, 0.4) is 0 Å². The Morgan fingerprint density at radius 2 is 1.53 bits per heavy atom. The fourth-order valence-electron chi connectivity index (χ4n) is 2.29. The summed E-state index contributed by atoms with van der Waals surface area (Å²) in [6, 6.07) is 0. The lowest BCUT2D eigenvalue weighted by atomic mass is 9.88. The highest BCUT2D eigenvalue weighted by Crippen LogP contribution is 2.21. The van der Waals surface area contributed by atoms with Crippen LogP contribution < -0.4 is 5.32 Å². The normalized spacial score (nSPS) is 13.4. The van der Waals surface area contributed by atoms with Gasteiger partial charge in [-0.1, -0.05) is 47.0 Å². The molecule has 0 aliphatic carbocycles. The molecule has 0 radical (unpaired) electrons. The van der Waals surface area contributed by atoms with Gasteiger partial charge in [-0.3, -0.25) is 0 Å². The summed E-state index contributed by atoms with van der Waals surface area (Å²) in [5, 5.41) is 3.57. The summed E-state index contributed by atoms with van der Waals surface area (Å²) in [6.07, 6.45) is 8.11. The third kappa shape index (κ3) is 7.84. The van der Waals surface area contributed by atoms with Crippen LogP contribution >= 0.6 is 0 Å². The van der Waals surface area contributed by atoms with Crippen LogP contribution in [0.4, 0.5) is 0 Å². The molecule has 0 spiro atoms. The molecular formula is C14H31N. The molecule has 92 valence electrons. The van der Waals surface area contributed by atoms with Gasteiger partial charge in [0.15, 0.2) is 0 Å². The van der Waals surface area contributed by atoms with Crippen LogP contribution in [0.15, 0.2) is 0 Å². The smallest absolute Gasteiger partial charge is 0.00204 e. The van der Waals surface area contributed by atoms with E-state index in [1.807, 2.05) is 0 Å². The summed E-state index contributed by atoms with van der Waals surface area (Å²) < 4.78 is 0. The second kappa shape index (κ2) is 10.5. The molecule has 0 aromatic carbocycles. The first-order chi connectivity index (χ1) is 7.28. The second-order valence-electron chi connectivity index (χ2n) is 4.78. The molecule has 0 fully saturated rings. The fourth-order valence-corrected chi connectivity index (χ4v) is 2.29. The van der Waals surface area contributed by atoms with E-state index in [-0.39, 0.29) is 0 Å². The van der Waals surface area contributed by atoms with Crippen molar-refractivity contribution in [3.63, 3.8) is 0 Å². The molecule has 0 saturated carbocycles. The SMILES string of the molecule is CCCNCC(CCC)CC(CC)CC. The van der Waals surface area contributed by atoms with E-state index in [0.29, 0.717) is 0 Å². The molecule has 0 heterocycles. The molecule has 1 nitrogen and oxygen atoms in total. The predicted octanol–water partition coefficient (Wildman–Crippen LogP) is 4.23. The Labute approximate surface area is 97.0 Å². The van der Waals surface area contributed by atoms with E-state index in [9.17, 15) is 0 Å². The highest BCUT2D eigenvalue weighted by molar-refractivity contribution is 4.67. The van der Waals surface area contributed by atoms with Crippen molar-refractivity contribution in [2.24, 2.45) is 11.8 Å². The van der Waals surface area contributed by atoms with Gasteiger partial charge in [0, 0.05) is 0 Å². The minimum atomic E-state index is 0.909. The quantitative estimate of drug-likeness (QED) is 0.536. The molecule has 0 aromatic rings. The summed E-state index contributed by atoms with van der Waals surface area (Å²) in [5.41, 5.74) is 0. The maximum absolute atomic E-state index is 3.57. The number of hydrogen-bond acceptors (Lipinski definition) is 1. The van der Waals surface area contributed by atoms with Gasteiger partial charge in [0.25, 0.3) is 0 Å². The van der Waals surface area contributed by atoms with E-state index in [1.165, 1.54) is 51.6 Å². The van der Waals surface area contributed by atoms with Crippen LogP contribution in [0, 0.1) is 11.8 Å². The standard InChI is InChI=1S/C14H31N/c1-5-9-14(12-15-10-6-2)11-13(7-3)8-4/h13-15H,5-12H2,1-4H3. The topological polar surface area (TPSA) is 12.0 Å². The zero-order chi connectivity index (χ0) is 11.5. The summed E-state index contributed by atoms with van der Waals surface area (Å²) >= 11 is 0. The molecule has 0 aliphatic heterocycles. The van der Waals surface area contributed by atoms with Crippen molar-refractivity contribution >= 4 is 0 Å². The number of hydrogen-bond donors (Lipinski definition) is 1. The van der Waals surface area contributed by atoms with E-state index in [4.69, 9.17) is 0 Å². The summed E-state index contributed by atoms with van der Waals surface area (Å²) in [7, 11) is 0. The first-order valence-electron chi connectivity index (χ1n) is 6.99. The van der Waals surface area contributed by atoms with Crippen molar-refractivity contribution < 1.29 is 0 Å². The molecule has 0 bridgehead atoms. The van der Waals surface area contributed by atoms with E-state index < -0.39 is 0 Å². The zero-order valence-corrected chi connectivity index (χ0v) is 11.3. The van der Waals surface area contributed by atoms with Gasteiger partial charge in [0.2, 0.25) is 0 Å². The Morgan fingerprint density at radius 1 is 0.867 bits per heavy atom. The number of rotatable bonds is 10. The molecule has 1 atom stereocenters. The van der Waals surface area contributed by atoms with Gasteiger partial charge >= 0.3 is 0 Å². The average molecular weight is 213 g/mol. The highest BCUT2D eigenvalue weighted by Gasteiger charge is 2.12. The number of nitrogens with one attached hydrogen (secondary N) is 1. The molecule has 15 heavy (non-hydrogen) atoms. The van der Waals surface area contributed by atoms with Crippen LogP contribution in [0.5, 0.6) is 0 Å². The zero-order valence-electron chi connectivity index (χ0n) is 11.3. The van der Waals surface area contributed by atoms with Crippen LogP contribution in [0.1, 0.15) is 66.2 Å². The Morgan fingerprint density at radius 3 is 2.00 bits per heavy atom. The van der Waals surface area contributed by atoms with Crippen LogP contribution in [0.25, 0.3) is 0 Å². The second-order valence-corrected chi connectivity index (χ2v) is 4.78. The molecule has 0 saturated heterocycles. The Kier molecular flexibility index (Phi) is 10.4. The molecule has 0 aliphatic rings. The van der Waals surface area contributed by atoms with Crippen molar-refractivity contribution in [3.05, 3.63) is 0 Å². The summed E-state index contributed by atoms with van der Waals surface area (Å²) in [5.74, 6) is 1.86. The molecule has 1 N–H and O–H groups in total. The van der Waals surface area contributed by atoms with E-state index in [2.05, 4.69) is 33.0 Å². The van der Waals surface area contributed by atoms with Gasteiger partial charge in [-0.05, 0) is 44.2 Å².